The van der Waals surface area contributed by atoms with Crippen LogP contribution in [0.25, 0.3) is 10.4 Å². The summed E-state index contributed by atoms with van der Waals surface area (Å²) in [6.45, 7) is 1.99. The largest absolute Gasteiger partial charge is 0.310 e. The molecule has 18 heavy (non-hydrogen) atoms. The molecule has 1 N–H and O–H groups in total. The van der Waals surface area contributed by atoms with Gasteiger partial charge in [0.05, 0.1) is 4.88 Å². The first-order valence-electron chi connectivity index (χ1n) is 6.23. The monoisotopic (exact) mass is 278 g/mol. The van der Waals surface area contributed by atoms with E-state index in [4.69, 9.17) is 11.6 Å². The number of benzene rings is 1. The van der Waals surface area contributed by atoms with Gasteiger partial charge in [0.15, 0.2) is 0 Å². The summed E-state index contributed by atoms with van der Waals surface area (Å²) in [4.78, 5) is 5.59. The fourth-order valence-electron chi connectivity index (χ4n) is 1.88. The van der Waals surface area contributed by atoms with Crippen LogP contribution in [0.3, 0.4) is 0 Å². The van der Waals surface area contributed by atoms with E-state index < -0.39 is 0 Å². The van der Waals surface area contributed by atoms with Crippen molar-refractivity contribution in [2.45, 2.75) is 19.4 Å². The van der Waals surface area contributed by atoms with E-state index in [0.717, 1.165) is 39.5 Å². The number of hydrogen-bond acceptors (Lipinski definition) is 3. The van der Waals surface area contributed by atoms with Crippen molar-refractivity contribution in [3.8, 4) is 10.4 Å². The number of nitrogens with zero attached hydrogens (tertiary/aromatic N) is 1. The van der Waals surface area contributed by atoms with Crippen LogP contribution in [0.15, 0.2) is 30.5 Å². The second kappa shape index (κ2) is 5.39. The van der Waals surface area contributed by atoms with E-state index in [-0.39, 0.29) is 0 Å². The fourth-order valence-corrected chi connectivity index (χ4v) is 3.10. The molecule has 2 nitrogen and oxygen atoms in total. The highest BCUT2D eigenvalue weighted by atomic mass is 35.5. The molecule has 1 fully saturated rings. The number of aromatic nitrogens is 1. The topological polar surface area (TPSA) is 24.9 Å². The van der Waals surface area contributed by atoms with E-state index in [1.54, 1.807) is 11.3 Å². The average Bonchev–Trinajstić information content (AvgIpc) is 3.08. The van der Waals surface area contributed by atoms with E-state index in [1.165, 1.54) is 12.8 Å². The summed E-state index contributed by atoms with van der Waals surface area (Å²) in [6.07, 6.45) is 4.69. The highest BCUT2D eigenvalue weighted by Gasteiger charge is 2.20. The fraction of sp³-hybridized carbons (Fsp3) is 0.357. The number of halogens is 1. The van der Waals surface area contributed by atoms with Crippen molar-refractivity contribution in [1.29, 1.82) is 0 Å². The third-order valence-electron chi connectivity index (χ3n) is 3.10. The molecule has 0 amide bonds. The lowest BCUT2D eigenvalue weighted by Gasteiger charge is -2.00. The molecular weight excluding hydrogens is 264 g/mol. The Morgan fingerprint density at radius 1 is 1.33 bits per heavy atom. The lowest BCUT2D eigenvalue weighted by Crippen LogP contribution is -2.15. The van der Waals surface area contributed by atoms with Crippen molar-refractivity contribution in [2.75, 3.05) is 6.54 Å². The standard InChI is InChI=1S/C14H15ClN2S/c15-12-4-2-1-3-11(12)13-8-17-14(18-13)9-16-7-10-5-6-10/h1-4,8,10,16H,5-7,9H2. The van der Waals surface area contributed by atoms with Crippen molar-refractivity contribution < 1.29 is 0 Å². The summed E-state index contributed by atoms with van der Waals surface area (Å²) in [5, 5.41) is 5.38. The Balaban J connectivity index is 1.66. The van der Waals surface area contributed by atoms with Gasteiger partial charge >= 0.3 is 0 Å². The molecule has 0 radical (unpaired) electrons. The Kier molecular flexibility index (Phi) is 3.64. The third-order valence-corrected chi connectivity index (χ3v) is 4.46. The van der Waals surface area contributed by atoms with Crippen LogP contribution in [-0.4, -0.2) is 11.5 Å². The van der Waals surface area contributed by atoms with Gasteiger partial charge in [-0.1, -0.05) is 29.8 Å². The molecule has 1 saturated carbocycles. The molecule has 0 spiro atoms. The maximum Gasteiger partial charge on any atom is 0.107 e. The van der Waals surface area contributed by atoms with Gasteiger partial charge in [0, 0.05) is 23.3 Å². The maximum atomic E-state index is 6.19. The summed E-state index contributed by atoms with van der Waals surface area (Å²) < 4.78 is 0. The zero-order valence-electron chi connectivity index (χ0n) is 10.0. The van der Waals surface area contributed by atoms with Crippen LogP contribution >= 0.6 is 22.9 Å². The maximum absolute atomic E-state index is 6.19. The molecule has 2 aromatic rings. The minimum absolute atomic E-state index is 0.790. The van der Waals surface area contributed by atoms with Crippen LogP contribution in [0.1, 0.15) is 17.8 Å². The van der Waals surface area contributed by atoms with E-state index in [9.17, 15) is 0 Å². The number of rotatable bonds is 5. The molecule has 1 aromatic carbocycles. The van der Waals surface area contributed by atoms with Gasteiger partial charge in [-0.05, 0) is 31.4 Å². The molecule has 0 aliphatic heterocycles. The molecule has 94 valence electrons. The van der Waals surface area contributed by atoms with Crippen LogP contribution in [-0.2, 0) is 6.54 Å². The normalized spacial score (nSPS) is 14.9. The van der Waals surface area contributed by atoms with Crippen LogP contribution in [0.2, 0.25) is 5.02 Å². The summed E-state index contributed by atoms with van der Waals surface area (Å²) in [6, 6.07) is 7.91. The predicted octanol–water partition coefficient (Wildman–Crippen LogP) is 3.96. The minimum atomic E-state index is 0.790. The van der Waals surface area contributed by atoms with E-state index in [1.807, 2.05) is 30.5 Å². The summed E-state index contributed by atoms with van der Waals surface area (Å²) in [7, 11) is 0. The molecule has 0 saturated heterocycles. The van der Waals surface area contributed by atoms with Crippen molar-refractivity contribution in [1.82, 2.24) is 10.3 Å². The van der Waals surface area contributed by atoms with E-state index in [0.29, 0.717) is 0 Å². The van der Waals surface area contributed by atoms with Gasteiger partial charge in [0.1, 0.15) is 5.01 Å². The Morgan fingerprint density at radius 2 is 2.17 bits per heavy atom. The average molecular weight is 279 g/mol. The van der Waals surface area contributed by atoms with Crippen LogP contribution < -0.4 is 5.32 Å². The van der Waals surface area contributed by atoms with Gasteiger partial charge in [0.2, 0.25) is 0 Å². The van der Waals surface area contributed by atoms with Crippen LogP contribution in [0.4, 0.5) is 0 Å². The molecule has 3 rings (SSSR count). The molecule has 1 heterocycles. The number of hydrogen-bond donors (Lipinski definition) is 1. The van der Waals surface area contributed by atoms with Crippen molar-refractivity contribution in [3.05, 3.63) is 40.5 Å². The minimum Gasteiger partial charge on any atom is -0.310 e. The van der Waals surface area contributed by atoms with Gasteiger partial charge in [0.25, 0.3) is 0 Å². The van der Waals surface area contributed by atoms with Gasteiger partial charge < -0.3 is 5.32 Å². The molecule has 0 unspecified atom stereocenters. The highest BCUT2D eigenvalue weighted by Crippen LogP contribution is 2.32. The third kappa shape index (κ3) is 2.91. The van der Waals surface area contributed by atoms with Gasteiger partial charge in [-0.25, -0.2) is 4.98 Å². The summed E-state index contributed by atoms with van der Waals surface area (Å²) in [5.74, 6) is 0.910. The summed E-state index contributed by atoms with van der Waals surface area (Å²) >= 11 is 7.90. The Hall–Kier alpha value is -0.900. The van der Waals surface area contributed by atoms with Crippen molar-refractivity contribution in [3.63, 3.8) is 0 Å². The lowest BCUT2D eigenvalue weighted by atomic mass is 10.2. The molecule has 1 aromatic heterocycles. The Morgan fingerprint density at radius 3 is 2.94 bits per heavy atom. The lowest BCUT2D eigenvalue weighted by molar-refractivity contribution is 0.637. The Labute approximate surface area is 116 Å². The van der Waals surface area contributed by atoms with Crippen LogP contribution in [0, 0.1) is 5.92 Å². The van der Waals surface area contributed by atoms with E-state index >= 15 is 0 Å². The molecule has 0 bridgehead atoms. The molecule has 4 heteroatoms. The van der Waals surface area contributed by atoms with Crippen molar-refractivity contribution in [2.24, 2.45) is 5.92 Å². The first kappa shape index (κ1) is 12.2. The molecular formula is C14H15ClN2S. The first-order valence-corrected chi connectivity index (χ1v) is 7.42. The molecule has 1 aliphatic rings. The zero-order chi connectivity index (χ0) is 12.4. The van der Waals surface area contributed by atoms with Gasteiger partial charge in [-0.15, -0.1) is 11.3 Å². The summed E-state index contributed by atoms with van der Waals surface area (Å²) in [5.41, 5.74) is 1.07. The van der Waals surface area contributed by atoms with Crippen LogP contribution in [0.5, 0.6) is 0 Å². The highest BCUT2D eigenvalue weighted by molar-refractivity contribution is 7.15. The molecule has 1 aliphatic carbocycles. The zero-order valence-corrected chi connectivity index (χ0v) is 11.6. The second-order valence-electron chi connectivity index (χ2n) is 4.67. The van der Waals surface area contributed by atoms with Gasteiger partial charge in [-0.3, -0.25) is 0 Å². The SMILES string of the molecule is Clc1ccccc1-c1cnc(CNCC2CC2)s1. The number of thiazole rings is 1. The predicted molar refractivity (Wildman–Crippen MR) is 77.0 cm³/mol. The first-order chi connectivity index (χ1) is 8.83. The van der Waals surface area contributed by atoms with E-state index in [2.05, 4.69) is 10.3 Å². The Bertz CT molecular complexity index is 534. The van der Waals surface area contributed by atoms with Crippen molar-refractivity contribution >= 4 is 22.9 Å². The smallest absolute Gasteiger partial charge is 0.107 e. The number of nitrogens with one attached hydrogen (secondary N) is 1. The second-order valence-corrected chi connectivity index (χ2v) is 6.19. The quantitative estimate of drug-likeness (QED) is 0.895. The molecule has 0 atom stereocenters. The van der Waals surface area contributed by atoms with Gasteiger partial charge in [-0.2, -0.15) is 0 Å².